The van der Waals surface area contributed by atoms with Crippen molar-refractivity contribution in [1.29, 1.82) is 0 Å². The van der Waals surface area contributed by atoms with Crippen molar-refractivity contribution in [2.75, 3.05) is 31.6 Å². The van der Waals surface area contributed by atoms with Gasteiger partial charge in [-0.2, -0.15) is 4.21 Å². The summed E-state index contributed by atoms with van der Waals surface area (Å²) in [5.41, 5.74) is 2.14. The molecule has 34 heavy (non-hydrogen) atoms. The number of anilines is 1. The van der Waals surface area contributed by atoms with Crippen LogP contribution in [0.4, 0.5) is 11.4 Å². The number of carbonyl (C=O) groups excluding carboxylic acids is 2. The summed E-state index contributed by atoms with van der Waals surface area (Å²) in [6, 6.07) is 10.8. The van der Waals surface area contributed by atoms with Crippen LogP contribution in [-0.2, 0) is 20.5 Å². The fourth-order valence-corrected chi connectivity index (χ4v) is 5.19. The molecule has 1 N–H and O–H groups in total. The van der Waals surface area contributed by atoms with E-state index in [1.165, 1.54) is 23.5 Å². The zero-order chi connectivity index (χ0) is 23.7. The molecule has 5 rings (SSSR count). The summed E-state index contributed by atoms with van der Waals surface area (Å²) in [5.74, 6) is -0.420. The Kier molecular flexibility index (Phi) is 6.14. The Bertz CT molecular complexity index is 1330. The number of nitrogens with one attached hydrogen (secondary N) is 1. The van der Waals surface area contributed by atoms with Crippen molar-refractivity contribution in [3.8, 4) is 0 Å². The van der Waals surface area contributed by atoms with Gasteiger partial charge in [0.05, 0.1) is 18.8 Å². The monoisotopic (exact) mass is 495 g/mol. The lowest BCUT2D eigenvalue weighted by molar-refractivity contribution is -0.277. The van der Waals surface area contributed by atoms with Crippen LogP contribution in [0.1, 0.15) is 20.9 Å². The second-order valence-electron chi connectivity index (χ2n) is 7.55. The molecule has 1 aromatic heterocycles. The van der Waals surface area contributed by atoms with Gasteiger partial charge >= 0.3 is 11.0 Å². The minimum absolute atomic E-state index is 0.135. The van der Waals surface area contributed by atoms with Gasteiger partial charge in [-0.25, -0.2) is 4.98 Å². The number of nitroso groups, excluding NO2 is 1. The molecule has 0 radical (unpaired) electrons. The molecule has 172 valence electrons. The van der Waals surface area contributed by atoms with Crippen LogP contribution in [0.5, 0.6) is 0 Å². The quantitative estimate of drug-likeness (QED) is 0.430. The van der Waals surface area contributed by atoms with Crippen LogP contribution in [0.3, 0.4) is 0 Å². The molecule has 3 aromatic rings. The fourth-order valence-electron chi connectivity index (χ4n) is 3.71. The number of fused-ring (bicyclic) bond motifs is 1. The van der Waals surface area contributed by atoms with Gasteiger partial charge in [-0.15, -0.1) is 11.3 Å². The van der Waals surface area contributed by atoms with Gasteiger partial charge in [-0.1, -0.05) is 0 Å². The number of benzene rings is 2. The van der Waals surface area contributed by atoms with Gasteiger partial charge in [0.15, 0.2) is 0 Å². The van der Waals surface area contributed by atoms with E-state index in [2.05, 4.69) is 10.3 Å². The lowest BCUT2D eigenvalue weighted by Crippen LogP contribution is -2.40. The SMILES string of the molecule is O=C1Nc2ccc(S(=O)[N+](=O)c3ccc(C(=O)N4CCOCC4)cc3)cc2/C1=C\c1nccs1. The molecule has 2 amide bonds. The maximum Gasteiger partial charge on any atom is 0.369 e. The predicted molar refractivity (Wildman–Crippen MR) is 128 cm³/mol. The molecule has 3 heterocycles. The Labute approximate surface area is 201 Å². The van der Waals surface area contributed by atoms with Gasteiger partial charge in [0.25, 0.3) is 17.5 Å². The maximum atomic E-state index is 13.0. The lowest BCUT2D eigenvalue weighted by Gasteiger charge is -2.26. The summed E-state index contributed by atoms with van der Waals surface area (Å²) in [5, 5.41) is 5.24. The van der Waals surface area contributed by atoms with E-state index in [0.29, 0.717) is 57.9 Å². The molecule has 2 aliphatic rings. The summed E-state index contributed by atoms with van der Waals surface area (Å²) < 4.78 is 18.7. The third-order valence-electron chi connectivity index (χ3n) is 5.47. The molecule has 1 fully saturated rings. The minimum atomic E-state index is -2.07. The van der Waals surface area contributed by atoms with Gasteiger partial charge in [-0.3, -0.25) is 9.59 Å². The first-order valence-corrected chi connectivity index (χ1v) is 12.4. The van der Waals surface area contributed by atoms with E-state index in [-0.39, 0.29) is 22.4 Å². The van der Waals surface area contributed by atoms with E-state index in [1.807, 2.05) is 0 Å². The number of aromatic nitrogens is 1. The van der Waals surface area contributed by atoms with Crippen LogP contribution in [0.15, 0.2) is 58.9 Å². The van der Waals surface area contributed by atoms with Crippen molar-refractivity contribution >= 4 is 57.2 Å². The molecule has 2 aliphatic heterocycles. The highest BCUT2D eigenvalue weighted by Crippen LogP contribution is 2.35. The van der Waals surface area contributed by atoms with Crippen LogP contribution in [0, 0.1) is 4.91 Å². The average Bonchev–Trinajstić information content (AvgIpc) is 3.51. The number of hydrogen-bond donors (Lipinski definition) is 1. The second-order valence-corrected chi connectivity index (χ2v) is 9.78. The molecule has 1 saturated heterocycles. The molecule has 0 aliphatic carbocycles. The number of morpholine rings is 1. The van der Waals surface area contributed by atoms with Crippen molar-refractivity contribution in [1.82, 2.24) is 9.88 Å². The third kappa shape index (κ3) is 4.32. The molecule has 11 heteroatoms. The molecule has 1 unspecified atom stereocenters. The summed E-state index contributed by atoms with van der Waals surface area (Å²) in [7, 11) is -2.07. The van der Waals surface area contributed by atoms with Crippen LogP contribution >= 0.6 is 11.3 Å². The molecule has 2 aromatic carbocycles. The van der Waals surface area contributed by atoms with E-state index in [1.54, 1.807) is 52.9 Å². The standard InChI is InChI=1S/C23H18N4O5S2/c28-22-19(14-21-24-7-12-33-21)18-13-17(5-6-20(18)25-22)34(31)27(30)16-3-1-15(2-4-16)23(29)26-8-10-32-11-9-26/h1-7,12-14H,8-11H2/p+1. The smallest absolute Gasteiger partial charge is 0.369 e. The van der Waals surface area contributed by atoms with Crippen molar-refractivity contribution in [2.45, 2.75) is 4.90 Å². The Hall–Kier alpha value is -3.54. The Morgan fingerprint density at radius 3 is 2.65 bits per heavy atom. The second kappa shape index (κ2) is 9.37. The number of rotatable bonds is 5. The first-order valence-electron chi connectivity index (χ1n) is 10.4. The first kappa shape index (κ1) is 22.3. The van der Waals surface area contributed by atoms with Crippen LogP contribution in [-0.4, -0.2) is 56.4 Å². The van der Waals surface area contributed by atoms with E-state index in [4.69, 9.17) is 4.74 Å². The van der Waals surface area contributed by atoms with Crippen LogP contribution in [0.2, 0.25) is 0 Å². The minimum Gasteiger partial charge on any atom is -0.378 e. The zero-order valence-corrected chi connectivity index (χ0v) is 19.4. The summed E-state index contributed by atoms with van der Waals surface area (Å²) >= 11 is 1.39. The van der Waals surface area contributed by atoms with Gasteiger partial charge in [0.1, 0.15) is 14.1 Å². The highest BCUT2D eigenvalue weighted by molar-refractivity contribution is 7.79. The summed E-state index contributed by atoms with van der Waals surface area (Å²) in [4.78, 5) is 44.0. The first-order chi connectivity index (χ1) is 16.5. The van der Waals surface area contributed by atoms with Crippen molar-refractivity contribution < 1.29 is 22.7 Å². The molecule has 9 nitrogen and oxygen atoms in total. The predicted octanol–water partition coefficient (Wildman–Crippen LogP) is 3.24. The molecule has 0 spiro atoms. The number of carbonyl (C=O) groups is 2. The number of amides is 2. The number of thiazole rings is 1. The Morgan fingerprint density at radius 1 is 1.18 bits per heavy atom. The van der Waals surface area contributed by atoms with Gasteiger partial charge in [-0.05, 0) is 36.4 Å². The Balaban J connectivity index is 1.36. The van der Waals surface area contributed by atoms with E-state index < -0.39 is 11.0 Å². The summed E-state index contributed by atoms with van der Waals surface area (Å²) in [6.45, 7) is 2.04. The van der Waals surface area contributed by atoms with E-state index >= 15 is 0 Å². The molecular formula is C23H19N4O5S2+. The highest BCUT2D eigenvalue weighted by Gasteiger charge is 2.31. The van der Waals surface area contributed by atoms with Crippen molar-refractivity contribution in [2.24, 2.45) is 0 Å². The van der Waals surface area contributed by atoms with Gasteiger partial charge in [0.2, 0.25) is 0 Å². The van der Waals surface area contributed by atoms with Gasteiger partial charge in [0, 0.05) is 58.5 Å². The molecule has 0 saturated carbocycles. The number of ether oxygens (including phenoxy) is 1. The van der Waals surface area contributed by atoms with Crippen LogP contribution in [0.25, 0.3) is 11.6 Å². The van der Waals surface area contributed by atoms with Crippen molar-refractivity contribution in [3.05, 3.63) is 75.1 Å². The molecular weight excluding hydrogens is 476 g/mol. The van der Waals surface area contributed by atoms with E-state index in [9.17, 15) is 18.7 Å². The fraction of sp³-hybridized carbons (Fsp3) is 0.174. The van der Waals surface area contributed by atoms with E-state index in [0.717, 1.165) is 0 Å². The average molecular weight is 496 g/mol. The lowest BCUT2D eigenvalue weighted by atomic mass is 10.1. The number of hydrogen-bond acceptors (Lipinski definition) is 7. The third-order valence-corrected chi connectivity index (χ3v) is 7.36. The molecule has 1 atom stereocenters. The zero-order valence-electron chi connectivity index (χ0n) is 17.8. The maximum absolute atomic E-state index is 13.0. The molecule has 0 bridgehead atoms. The highest BCUT2D eigenvalue weighted by atomic mass is 32.2. The van der Waals surface area contributed by atoms with Gasteiger partial charge < -0.3 is 15.0 Å². The summed E-state index contributed by atoms with van der Waals surface area (Å²) in [6.07, 6.45) is 3.31. The Morgan fingerprint density at radius 2 is 1.94 bits per heavy atom. The largest absolute Gasteiger partial charge is 0.378 e. The van der Waals surface area contributed by atoms with Crippen LogP contribution < -0.4 is 5.32 Å². The number of nitrogens with zero attached hydrogens (tertiary/aromatic N) is 3. The topological polar surface area (TPSA) is 109 Å². The van der Waals surface area contributed by atoms with Crippen molar-refractivity contribution in [3.63, 3.8) is 0 Å². The normalized spacial score (nSPS) is 17.4.